The molecule has 0 aliphatic heterocycles. The average Bonchev–Trinajstić information content (AvgIpc) is 2.78. The molecule has 5 nitrogen and oxygen atoms in total. The average molecular weight is 266 g/mol. The smallest absolute Gasteiger partial charge is 0.251 e. The molecule has 7 heteroatoms. The second-order valence-corrected chi connectivity index (χ2v) is 3.98. The SMILES string of the molecule is CNCc1cc(F)c(-n2cc(C(N)=O)cn2)c(F)c1. The fourth-order valence-corrected chi connectivity index (χ4v) is 1.72. The lowest BCUT2D eigenvalue weighted by atomic mass is 10.2. The lowest BCUT2D eigenvalue weighted by Crippen LogP contribution is -2.10. The van der Waals surface area contributed by atoms with Crippen LogP contribution in [0.3, 0.4) is 0 Å². The third kappa shape index (κ3) is 2.60. The molecule has 0 saturated heterocycles. The Balaban J connectivity index is 2.46. The molecule has 0 spiro atoms. The minimum absolute atomic E-state index is 0.0816. The number of nitrogens with one attached hydrogen (secondary N) is 1. The number of hydrogen-bond donors (Lipinski definition) is 2. The molecule has 0 fully saturated rings. The lowest BCUT2D eigenvalue weighted by Gasteiger charge is -2.07. The Morgan fingerprint density at radius 1 is 1.42 bits per heavy atom. The van der Waals surface area contributed by atoms with Crippen molar-refractivity contribution in [1.82, 2.24) is 15.1 Å². The van der Waals surface area contributed by atoms with E-state index in [1.165, 1.54) is 18.3 Å². The van der Waals surface area contributed by atoms with Crippen LogP contribution in [-0.4, -0.2) is 22.7 Å². The first-order valence-electron chi connectivity index (χ1n) is 5.50. The lowest BCUT2D eigenvalue weighted by molar-refractivity contribution is 0.100. The Kier molecular flexibility index (Phi) is 3.57. The summed E-state index contributed by atoms with van der Waals surface area (Å²) in [4.78, 5) is 10.9. The van der Waals surface area contributed by atoms with Crippen LogP contribution in [-0.2, 0) is 6.54 Å². The number of carbonyl (C=O) groups is 1. The Bertz CT molecular complexity index is 601. The van der Waals surface area contributed by atoms with Crippen LogP contribution in [0.4, 0.5) is 8.78 Å². The first-order valence-corrected chi connectivity index (χ1v) is 5.50. The molecule has 2 rings (SSSR count). The highest BCUT2D eigenvalue weighted by molar-refractivity contribution is 5.92. The Labute approximate surface area is 108 Å². The van der Waals surface area contributed by atoms with Crippen LogP contribution in [0.2, 0.25) is 0 Å². The van der Waals surface area contributed by atoms with Crippen LogP contribution in [0.25, 0.3) is 5.69 Å². The van der Waals surface area contributed by atoms with Crippen molar-refractivity contribution < 1.29 is 13.6 Å². The number of nitrogens with two attached hydrogens (primary N) is 1. The number of aromatic nitrogens is 2. The fraction of sp³-hybridized carbons (Fsp3) is 0.167. The molecular weight excluding hydrogens is 254 g/mol. The molecule has 1 aromatic carbocycles. The van der Waals surface area contributed by atoms with Crippen molar-refractivity contribution >= 4 is 5.91 Å². The maximum Gasteiger partial charge on any atom is 0.251 e. The number of amides is 1. The van der Waals surface area contributed by atoms with Crippen molar-refractivity contribution in [2.45, 2.75) is 6.54 Å². The number of halogens is 2. The molecule has 0 aliphatic rings. The molecule has 0 atom stereocenters. The van der Waals surface area contributed by atoms with Gasteiger partial charge in [0.1, 0.15) is 5.69 Å². The van der Waals surface area contributed by atoms with Crippen LogP contribution in [0, 0.1) is 11.6 Å². The molecule has 1 heterocycles. The van der Waals surface area contributed by atoms with Crippen molar-refractivity contribution in [2.75, 3.05) is 7.05 Å². The Morgan fingerprint density at radius 3 is 2.53 bits per heavy atom. The van der Waals surface area contributed by atoms with E-state index in [9.17, 15) is 13.6 Å². The summed E-state index contributed by atoms with van der Waals surface area (Å²) in [7, 11) is 1.68. The maximum absolute atomic E-state index is 13.9. The zero-order valence-corrected chi connectivity index (χ0v) is 10.2. The number of rotatable bonds is 4. The van der Waals surface area contributed by atoms with Gasteiger partial charge in [-0.05, 0) is 24.7 Å². The monoisotopic (exact) mass is 266 g/mol. The molecule has 0 aliphatic carbocycles. The highest BCUT2D eigenvalue weighted by Crippen LogP contribution is 2.19. The third-order valence-corrected chi connectivity index (χ3v) is 2.55. The van der Waals surface area contributed by atoms with Crippen LogP contribution in [0.1, 0.15) is 15.9 Å². The van der Waals surface area contributed by atoms with Crippen LogP contribution < -0.4 is 11.1 Å². The van der Waals surface area contributed by atoms with Gasteiger partial charge in [-0.3, -0.25) is 4.79 Å². The third-order valence-electron chi connectivity index (χ3n) is 2.55. The highest BCUT2D eigenvalue weighted by Gasteiger charge is 2.15. The minimum Gasteiger partial charge on any atom is -0.366 e. The Hall–Kier alpha value is -2.28. The number of benzene rings is 1. The van der Waals surface area contributed by atoms with Gasteiger partial charge in [-0.1, -0.05) is 0 Å². The van der Waals surface area contributed by atoms with Crippen LogP contribution in [0.15, 0.2) is 24.5 Å². The van der Waals surface area contributed by atoms with Crippen molar-refractivity contribution in [1.29, 1.82) is 0 Å². The van der Waals surface area contributed by atoms with Gasteiger partial charge in [0.2, 0.25) is 0 Å². The summed E-state index contributed by atoms with van der Waals surface area (Å²) in [6, 6.07) is 2.42. The molecule has 0 bridgehead atoms. The summed E-state index contributed by atoms with van der Waals surface area (Å²) in [6.07, 6.45) is 2.34. The van der Waals surface area contributed by atoms with E-state index in [1.807, 2.05) is 0 Å². The van der Waals surface area contributed by atoms with Gasteiger partial charge >= 0.3 is 0 Å². The zero-order valence-electron chi connectivity index (χ0n) is 10.2. The number of carbonyl (C=O) groups excluding carboxylic acids is 1. The van der Waals surface area contributed by atoms with E-state index in [0.717, 1.165) is 10.9 Å². The van der Waals surface area contributed by atoms with Crippen molar-refractivity contribution in [3.05, 3.63) is 47.3 Å². The van der Waals surface area contributed by atoms with Gasteiger partial charge in [0, 0.05) is 12.7 Å². The predicted octanol–water partition coefficient (Wildman–Crippen LogP) is 0.969. The van der Waals surface area contributed by atoms with Gasteiger partial charge in [0.05, 0.1) is 11.8 Å². The van der Waals surface area contributed by atoms with Gasteiger partial charge in [0.25, 0.3) is 5.91 Å². The second kappa shape index (κ2) is 5.15. The van der Waals surface area contributed by atoms with Crippen LogP contribution in [0.5, 0.6) is 0 Å². The van der Waals surface area contributed by atoms with Crippen molar-refractivity contribution in [3.63, 3.8) is 0 Å². The first-order chi connectivity index (χ1) is 9.02. The largest absolute Gasteiger partial charge is 0.366 e. The molecule has 100 valence electrons. The molecule has 0 unspecified atom stereocenters. The van der Waals surface area contributed by atoms with Crippen molar-refractivity contribution in [3.8, 4) is 5.69 Å². The summed E-state index contributed by atoms with van der Waals surface area (Å²) in [5.74, 6) is -2.23. The predicted molar refractivity (Wildman–Crippen MR) is 64.8 cm³/mol. The molecule has 0 radical (unpaired) electrons. The summed E-state index contributed by atoms with van der Waals surface area (Å²) < 4.78 is 28.7. The van der Waals surface area contributed by atoms with E-state index >= 15 is 0 Å². The zero-order chi connectivity index (χ0) is 14.0. The molecule has 3 N–H and O–H groups in total. The van der Waals surface area contributed by atoms with Gasteiger partial charge in [-0.25, -0.2) is 13.5 Å². The summed E-state index contributed by atoms with van der Waals surface area (Å²) in [5.41, 5.74) is 5.27. The molecule has 0 saturated carbocycles. The van der Waals surface area contributed by atoms with E-state index in [1.54, 1.807) is 7.05 Å². The highest BCUT2D eigenvalue weighted by atomic mass is 19.1. The minimum atomic E-state index is -0.760. The summed E-state index contributed by atoms with van der Waals surface area (Å²) in [6.45, 7) is 0.347. The number of nitrogens with zero attached hydrogens (tertiary/aromatic N) is 2. The van der Waals surface area contributed by atoms with Crippen molar-refractivity contribution in [2.24, 2.45) is 5.73 Å². The number of hydrogen-bond acceptors (Lipinski definition) is 3. The summed E-state index contributed by atoms with van der Waals surface area (Å²) >= 11 is 0. The summed E-state index contributed by atoms with van der Waals surface area (Å²) in [5, 5.41) is 6.52. The number of primary amides is 1. The van der Waals surface area contributed by atoms with E-state index in [2.05, 4.69) is 10.4 Å². The molecule has 19 heavy (non-hydrogen) atoms. The maximum atomic E-state index is 13.9. The van der Waals surface area contributed by atoms with Gasteiger partial charge in [-0.15, -0.1) is 0 Å². The first kappa shape index (κ1) is 13.2. The van der Waals surface area contributed by atoms with E-state index in [0.29, 0.717) is 12.1 Å². The van der Waals surface area contributed by atoms with E-state index in [4.69, 9.17) is 5.73 Å². The molecule has 1 aromatic heterocycles. The topological polar surface area (TPSA) is 72.9 Å². The Morgan fingerprint density at radius 2 is 2.05 bits per heavy atom. The molecule has 2 aromatic rings. The second-order valence-electron chi connectivity index (χ2n) is 3.98. The van der Waals surface area contributed by atoms with Gasteiger partial charge in [0.15, 0.2) is 11.6 Å². The van der Waals surface area contributed by atoms with Crippen LogP contribution >= 0.6 is 0 Å². The quantitative estimate of drug-likeness (QED) is 0.866. The van der Waals surface area contributed by atoms with Gasteiger partial charge < -0.3 is 11.1 Å². The fourth-order valence-electron chi connectivity index (χ4n) is 1.72. The van der Waals surface area contributed by atoms with E-state index < -0.39 is 17.5 Å². The normalized spacial score (nSPS) is 10.7. The standard InChI is InChI=1S/C12H12F2N4O/c1-16-4-7-2-9(13)11(10(14)3-7)18-6-8(5-17-18)12(15)19/h2-3,5-6,16H,4H2,1H3,(H2,15,19). The van der Waals surface area contributed by atoms with E-state index in [-0.39, 0.29) is 11.3 Å². The molecule has 1 amide bonds. The van der Waals surface area contributed by atoms with Gasteiger partial charge in [-0.2, -0.15) is 5.10 Å². The molecular formula is C12H12F2N4O.